The number of rotatable bonds is 2. The lowest BCUT2D eigenvalue weighted by Crippen LogP contribution is -2.01. The van der Waals surface area contributed by atoms with Crippen LogP contribution in [0.5, 0.6) is 0 Å². The minimum Gasteiger partial charge on any atom is -0.388 e. The van der Waals surface area contributed by atoms with Crippen molar-refractivity contribution < 1.29 is 4.39 Å². The van der Waals surface area contributed by atoms with Gasteiger partial charge in [-0.3, -0.25) is 0 Å². The quantitative estimate of drug-likeness (QED) is 0.739. The van der Waals surface area contributed by atoms with Crippen LogP contribution in [0.1, 0.15) is 23.6 Å². The average Bonchev–Trinajstić information content (AvgIpc) is 2.12. The molecule has 0 saturated carbocycles. The van der Waals surface area contributed by atoms with Crippen LogP contribution in [-0.2, 0) is 6.42 Å². The molecule has 0 spiro atoms. The number of halogens is 1. The van der Waals surface area contributed by atoms with Crippen LogP contribution in [0.4, 0.5) is 10.1 Å². The Morgan fingerprint density at radius 3 is 2.38 bits per heavy atom. The fraction of sp³-hybridized carbons (Fsp3) is 0.455. The number of hydrogen-bond donors (Lipinski definition) is 1. The Balaban J connectivity index is 3.39. The van der Waals surface area contributed by atoms with Crippen molar-refractivity contribution in [3.63, 3.8) is 0 Å². The third-order valence-corrected chi connectivity index (χ3v) is 2.56. The third kappa shape index (κ3) is 1.67. The Bertz CT molecular complexity index is 318. The highest BCUT2D eigenvalue weighted by atomic mass is 19.1. The molecule has 0 aliphatic carbocycles. The molecule has 0 amide bonds. The first-order chi connectivity index (χ1) is 6.11. The highest BCUT2D eigenvalue weighted by Crippen LogP contribution is 2.25. The molecule has 0 heterocycles. The van der Waals surface area contributed by atoms with Crippen LogP contribution in [0, 0.1) is 19.7 Å². The van der Waals surface area contributed by atoms with E-state index in [1.54, 1.807) is 6.07 Å². The van der Waals surface area contributed by atoms with E-state index in [1.807, 2.05) is 27.8 Å². The number of anilines is 1. The van der Waals surface area contributed by atoms with Crippen LogP contribution in [0.25, 0.3) is 0 Å². The lowest BCUT2D eigenvalue weighted by molar-refractivity contribution is 0.615. The van der Waals surface area contributed by atoms with E-state index in [-0.39, 0.29) is 5.82 Å². The van der Waals surface area contributed by atoms with Gasteiger partial charge >= 0.3 is 0 Å². The van der Waals surface area contributed by atoms with Gasteiger partial charge in [-0.25, -0.2) is 4.39 Å². The number of hydrogen-bond acceptors (Lipinski definition) is 1. The van der Waals surface area contributed by atoms with E-state index in [0.717, 1.165) is 28.8 Å². The van der Waals surface area contributed by atoms with Gasteiger partial charge in [0.05, 0.1) is 0 Å². The summed E-state index contributed by atoms with van der Waals surface area (Å²) in [7, 11) is 1.82. The first kappa shape index (κ1) is 10.0. The standard InChI is InChI=1S/C11H16FN/c1-5-9-7(2)10(12)6-11(13-4)8(9)3/h6,13H,5H2,1-4H3. The Labute approximate surface area is 79.0 Å². The molecule has 0 aliphatic rings. The van der Waals surface area contributed by atoms with Gasteiger partial charge in [-0.15, -0.1) is 0 Å². The van der Waals surface area contributed by atoms with E-state index >= 15 is 0 Å². The molecule has 0 atom stereocenters. The van der Waals surface area contributed by atoms with E-state index in [4.69, 9.17) is 0 Å². The highest BCUT2D eigenvalue weighted by molar-refractivity contribution is 5.56. The monoisotopic (exact) mass is 181 g/mol. The van der Waals surface area contributed by atoms with Gasteiger partial charge in [-0.1, -0.05) is 6.92 Å². The van der Waals surface area contributed by atoms with Gasteiger partial charge in [0.2, 0.25) is 0 Å². The molecule has 13 heavy (non-hydrogen) atoms. The second-order valence-corrected chi connectivity index (χ2v) is 3.24. The molecule has 1 aromatic carbocycles. The summed E-state index contributed by atoms with van der Waals surface area (Å²) < 4.78 is 13.4. The molecule has 0 bridgehead atoms. The summed E-state index contributed by atoms with van der Waals surface area (Å²) in [5.41, 5.74) is 3.94. The maximum Gasteiger partial charge on any atom is 0.128 e. The van der Waals surface area contributed by atoms with Crippen molar-refractivity contribution in [2.24, 2.45) is 0 Å². The third-order valence-electron chi connectivity index (χ3n) is 2.56. The van der Waals surface area contributed by atoms with Gasteiger partial charge in [0.25, 0.3) is 0 Å². The predicted molar refractivity (Wildman–Crippen MR) is 54.8 cm³/mol. The van der Waals surface area contributed by atoms with Crippen LogP contribution in [0.3, 0.4) is 0 Å². The van der Waals surface area contributed by atoms with Crippen molar-refractivity contribution in [1.29, 1.82) is 0 Å². The van der Waals surface area contributed by atoms with Crippen molar-refractivity contribution in [1.82, 2.24) is 0 Å². The zero-order chi connectivity index (χ0) is 10.0. The predicted octanol–water partition coefficient (Wildman–Crippen LogP) is 3.05. The topological polar surface area (TPSA) is 12.0 Å². The SMILES string of the molecule is CCc1c(C)c(F)cc(NC)c1C. The molecular weight excluding hydrogens is 165 g/mol. The zero-order valence-electron chi connectivity index (χ0n) is 8.66. The summed E-state index contributed by atoms with van der Waals surface area (Å²) in [6.07, 6.45) is 0.879. The summed E-state index contributed by atoms with van der Waals surface area (Å²) in [6.45, 7) is 5.91. The van der Waals surface area contributed by atoms with E-state index in [2.05, 4.69) is 5.32 Å². The van der Waals surface area contributed by atoms with Gasteiger partial charge in [-0.05, 0) is 43.0 Å². The van der Waals surface area contributed by atoms with Gasteiger partial charge in [0.1, 0.15) is 5.82 Å². The fourth-order valence-corrected chi connectivity index (χ4v) is 1.72. The lowest BCUT2D eigenvalue weighted by Gasteiger charge is -2.13. The van der Waals surface area contributed by atoms with Crippen molar-refractivity contribution in [2.75, 3.05) is 12.4 Å². The minimum atomic E-state index is -0.119. The van der Waals surface area contributed by atoms with Gasteiger partial charge in [-0.2, -0.15) is 0 Å². The second-order valence-electron chi connectivity index (χ2n) is 3.24. The molecular formula is C11H16FN. The molecule has 0 aromatic heterocycles. The summed E-state index contributed by atoms with van der Waals surface area (Å²) in [4.78, 5) is 0. The highest BCUT2D eigenvalue weighted by Gasteiger charge is 2.09. The molecule has 2 heteroatoms. The Kier molecular flexibility index (Phi) is 2.91. The van der Waals surface area contributed by atoms with E-state index in [0.29, 0.717) is 0 Å². The Hall–Kier alpha value is -1.05. The van der Waals surface area contributed by atoms with Crippen molar-refractivity contribution >= 4 is 5.69 Å². The first-order valence-corrected chi connectivity index (χ1v) is 4.58. The van der Waals surface area contributed by atoms with Crippen molar-refractivity contribution in [3.8, 4) is 0 Å². The van der Waals surface area contributed by atoms with Crippen LogP contribution >= 0.6 is 0 Å². The van der Waals surface area contributed by atoms with Crippen LogP contribution in [0.15, 0.2) is 6.07 Å². The molecule has 1 rings (SSSR count). The lowest BCUT2D eigenvalue weighted by atomic mass is 9.98. The molecule has 1 nitrogen and oxygen atoms in total. The summed E-state index contributed by atoms with van der Waals surface area (Å²) in [5, 5.41) is 3.00. The average molecular weight is 181 g/mol. The number of nitrogens with one attached hydrogen (secondary N) is 1. The van der Waals surface area contributed by atoms with Gasteiger partial charge in [0, 0.05) is 12.7 Å². The maximum absolute atomic E-state index is 13.4. The summed E-state index contributed by atoms with van der Waals surface area (Å²) in [6, 6.07) is 1.56. The van der Waals surface area contributed by atoms with Crippen molar-refractivity contribution in [2.45, 2.75) is 27.2 Å². The van der Waals surface area contributed by atoms with Gasteiger partial charge in [0.15, 0.2) is 0 Å². The fourth-order valence-electron chi connectivity index (χ4n) is 1.72. The van der Waals surface area contributed by atoms with E-state index in [9.17, 15) is 4.39 Å². The molecule has 0 fully saturated rings. The summed E-state index contributed by atoms with van der Waals surface area (Å²) in [5.74, 6) is -0.119. The largest absolute Gasteiger partial charge is 0.388 e. The minimum absolute atomic E-state index is 0.119. The Morgan fingerprint density at radius 1 is 1.31 bits per heavy atom. The summed E-state index contributed by atoms with van der Waals surface area (Å²) >= 11 is 0. The van der Waals surface area contributed by atoms with E-state index < -0.39 is 0 Å². The van der Waals surface area contributed by atoms with E-state index in [1.165, 1.54) is 0 Å². The molecule has 0 radical (unpaired) electrons. The smallest absolute Gasteiger partial charge is 0.128 e. The normalized spacial score (nSPS) is 10.2. The zero-order valence-corrected chi connectivity index (χ0v) is 8.66. The molecule has 0 unspecified atom stereocenters. The number of benzene rings is 1. The molecule has 1 N–H and O–H groups in total. The molecule has 0 saturated heterocycles. The van der Waals surface area contributed by atoms with Crippen molar-refractivity contribution in [3.05, 3.63) is 28.6 Å². The first-order valence-electron chi connectivity index (χ1n) is 4.58. The van der Waals surface area contributed by atoms with Crippen LogP contribution in [-0.4, -0.2) is 7.05 Å². The molecule has 72 valence electrons. The van der Waals surface area contributed by atoms with Gasteiger partial charge < -0.3 is 5.32 Å². The molecule has 0 aliphatic heterocycles. The second kappa shape index (κ2) is 3.77. The van der Waals surface area contributed by atoms with Crippen LogP contribution < -0.4 is 5.32 Å². The Morgan fingerprint density at radius 2 is 1.92 bits per heavy atom. The molecule has 1 aromatic rings. The maximum atomic E-state index is 13.4. The van der Waals surface area contributed by atoms with Crippen LogP contribution in [0.2, 0.25) is 0 Å².